The maximum absolute atomic E-state index is 11.1. The Morgan fingerprint density at radius 2 is 2.33 bits per heavy atom. The number of aliphatic hydroxyl groups is 1. The topological polar surface area (TPSA) is 55.8 Å². The predicted molar refractivity (Wildman–Crippen MR) is 55.3 cm³/mol. The van der Waals surface area contributed by atoms with E-state index in [9.17, 15) is 4.79 Å². The van der Waals surface area contributed by atoms with E-state index in [0.29, 0.717) is 12.3 Å². The normalized spacial score (nSPS) is 32.7. The third-order valence-electron chi connectivity index (χ3n) is 3.03. The number of methoxy groups -OCH3 is 1. The summed E-state index contributed by atoms with van der Waals surface area (Å²) in [5.41, 5.74) is 0. The summed E-state index contributed by atoms with van der Waals surface area (Å²) in [5.74, 6) is 0.330. The molecule has 0 aliphatic carbocycles. The number of carbonyl (C=O) groups is 1. The molecule has 0 spiro atoms. The molecule has 0 saturated carbocycles. The summed E-state index contributed by atoms with van der Waals surface area (Å²) < 4.78 is 10.3. The van der Waals surface area contributed by atoms with Gasteiger partial charge in [0, 0.05) is 0 Å². The minimum atomic E-state index is -0.203. The van der Waals surface area contributed by atoms with Gasteiger partial charge in [0.05, 0.1) is 32.3 Å². The van der Waals surface area contributed by atoms with E-state index in [1.54, 1.807) is 0 Å². The van der Waals surface area contributed by atoms with Crippen molar-refractivity contribution < 1.29 is 19.4 Å². The molecule has 0 aromatic rings. The lowest BCUT2D eigenvalue weighted by Gasteiger charge is -2.21. The second-order valence-electron chi connectivity index (χ2n) is 4.38. The van der Waals surface area contributed by atoms with Crippen molar-refractivity contribution >= 4 is 5.97 Å². The van der Waals surface area contributed by atoms with Gasteiger partial charge in [-0.2, -0.15) is 0 Å². The van der Waals surface area contributed by atoms with Crippen LogP contribution in [0.2, 0.25) is 0 Å². The van der Waals surface area contributed by atoms with Gasteiger partial charge in [-0.25, -0.2) is 0 Å². The molecule has 1 heterocycles. The summed E-state index contributed by atoms with van der Waals surface area (Å²) in [6.07, 6.45) is 1.24. The molecule has 88 valence electrons. The Morgan fingerprint density at radius 1 is 1.67 bits per heavy atom. The minimum Gasteiger partial charge on any atom is -0.469 e. The number of hydrogen-bond donors (Lipinski definition) is 1. The smallest absolute Gasteiger partial charge is 0.305 e. The first-order valence-corrected chi connectivity index (χ1v) is 5.41. The maximum Gasteiger partial charge on any atom is 0.305 e. The summed E-state index contributed by atoms with van der Waals surface area (Å²) in [5, 5.41) is 8.99. The van der Waals surface area contributed by atoms with Crippen LogP contribution in [0.5, 0.6) is 0 Å². The van der Waals surface area contributed by atoms with Crippen molar-refractivity contribution in [2.24, 2.45) is 11.8 Å². The summed E-state index contributed by atoms with van der Waals surface area (Å²) in [4.78, 5) is 11.1. The highest BCUT2D eigenvalue weighted by atomic mass is 16.5. The second kappa shape index (κ2) is 5.47. The zero-order chi connectivity index (χ0) is 11.4. The predicted octanol–water partition coefficient (Wildman–Crippen LogP) is 0.971. The van der Waals surface area contributed by atoms with Gasteiger partial charge >= 0.3 is 5.97 Å². The van der Waals surface area contributed by atoms with Gasteiger partial charge in [0.1, 0.15) is 0 Å². The fourth-order valence-electron chi connectivity index (χ4n) is 2.24. The maximum atomic E-state index is 11.1. The molecule has 1 saturated heterocycles. The van der Waals surface area contributed by atoms with Gasteiger partial charge in [0.2, 0.25) is 0 Å². The molecule has 1 fully saturated rings. The molecule has 15 heavy (non-hydrogen) atoms. The third kappa shape index (κ3) is 3.18. The van der Waals surface area contributed by atoms with Crippen molar-refractivity contribution in [2.45, 2.75) is 38.9 Å². The number of carbonyl (C=O) groups excluding carboxylic acids is 1. The first kappa shape index (κ1) is 12.5. The van der Waals surface area contributed by atoms with Crippen molar-refractivity contribution in [3.05, 3.63) is 0 Å². The van der Waals surface area contributed by atoms with Crippen molar-refractivity contribution in [1.29, 1.82) is 0 Å². The van der Waals surface area contributed by atoms with Gasteiger partial charge in [0.25, 0.3) is 0 Å². The minimum absolute atomic E-state index is 0.0567. The van der Waals surface area contributed by atoms with E-state index >= 15 is 0 Å². The van der Waals surface area contributed by atoms with Crippen LogP contribution in [0.15, 0.2) is 0 Å². The largest absolute Gasteiger partial charge is 0.469 e. The Balaban J connectivity index is 2.45. The van der Waals surface area contributed by atoms with Gasteiger partial charge in [-0.05, 0) is 18.3 Å². The Morgan fingerprint density at radius 3 is 2.80 bits per heavy atom. The van der Waals surface area contributed by atoms with Gasteiger partial charge in [-0.3, -0.25) is 4.79 Å². The molecule has 4 atom stereocenters. The van der Waals surface area contributed by atoms with Crippen LogP contribution in [0, 0.1) is 11.8 Å². The molecule has 0 radical (unpaired) electrons. The number of esters is 1. The van der Waals surface area contributed by atoms with E-state index < -0.39 is 0 Å². The molecule has 4 heteroatoms. The fraction of sp³-hybridized carbons (Fsp3) is 0.909. The van der Waals surface area contributed by atoms with E-state index in [1.807, 2.05) is 6.92 Å². The highest BCUT2D eigenvalue weighted by molar-refractivity contribution is 5.69. The van der Waals surface area contributed by atoms with Gasteiger partial charge in [0.15, 0.2) is 0 Å². The Labute approximate surface area is 90.6 Å². The van der Waals surface area contributed by atoms with Crippen LogP contribution < -0.4 is 0 Å². The van der Waals surface area contributed by atoms with Crippen molar-refractivity contribution in [3.8, 4) is 0 Å². The molecule has 0 aromatic carbocycles. The lowest BCUT2D eigenvalue weighted by Crippen LogP contribution is -2.26. The molecule has 1 N–H and O–H groups in total. The first-order valence-electron chi connectivity index (χ1n) is 5.41. The fourth-order valence-corrected chi connectivity index (χ4v) is 2.24. The van der Waals surface area contributed by atoms with Crippen LogP contribution in [0.1, 0.15) is 26.7 Å². The summed E-state index contributed by atoms with van der Waals surface area (Å²) >= 11 is 0. The molecule has 4 nitrogen and oxygen atoms in total. The Hall–Kier alpha value is -0.610. The number of ether oxygens (including phenoxy) is 2. The molecule has 0 aromatic heterocycles. The van der Waals surface area contributed by atoms with Crippen molar-refractivity contribution in [2.75, 3.05) is 13.7 Å². The van der Waals surface area contributed by atoms with E-state index in [-0.39, 0.29) is 30.7 Å². The summed E-state index contributed by atoms with van der Waals surface area (Å²) in [6, 6.07) is 0. The third-order valence-corrected chi connectivity index (χ3v) is 3.03. The van der Waals surface area contributed by atoms with E-state index in [1.165, 1.54) is 7.11 Å². The van der Waals surface area contributed by atoms with Gasteiger partial charge < -0.3 is 14.6 Å². The first-order chi connectivity index (χ1) is 7.08. The molecular weight excluding hydrogens is 196 g/mol. The number of rotatable bonds is 4. The molecule has 1 rings (SSSR count). The van der Waals surface area contributed by atoms with Crippen LogP contribution in [-0.2, 0) is 14.3 Å². The molecule has 0 bridgehead atoms. The van der Waals surface area contributed by atoms with Crippen molar-refractivity contribution in [1.82, 2.24) is 0 Å². The molecule has 1 aliphatic heterocycles. The lowest BCUT2D eigenvalue weighted by molar-refractivity contribution is -0.143. The number of hydrogen-bond acceptors (Lipinski definition) is 4. The zero-order valence-electron chi connectivity index (χ0n) is 9.60. The second-order valence-corrected chi connectivity index (χ2v) is 4.38. The SMILES string of the molecule is COC(=O)C[C@H](C)[C@H]1O[C@H](CO)C[C@H]1C. The van der Waals surface area contributed by atoms with Crippen LogP contribution >= 0.6 is 0 Å². The lowest BCUT2D eigenvalue weighted by atomic mass is 9.90. The highest BCUT2D eigenvalue weighted by Gasteiger charge is 2.35. The van der Waals surface area contributed by atoms with E-state index in [2.05, 4.69) is 11.7 Å². The monoisotopic (exact) mass is 216 g/mol. The zero-order valence-corrected chi connectivity index (χ0v) is 9.60. The summed E-state index contributed by atoms with van der Waals surface area (Å²) in [6.45, 7) is 4.14. The van der Waals surface area contributed by atoms with E-state index in [0.717, 1.165) is 6.42 Å². The Kier molecular flexibility index (Phi) is 4.54. The number of aliphatic hydroxyl groups excluding tert-OH is 1. The average Bonchev–Trinajstić information content (AvgIpc) is 2.59. The molecule has 0 unspecified atom stereocenters. The van der Waals surface area contributed by atoms with Crippen LogP contribution in [0.25, 0.3) is 0 Å². The molecular formula is C11H20O4. The standard InChI is InChI=1S/C11H20O4/c1-7-4-9(6-12)15-11(7)8(2)5-10(13)14-3/h7-9,11-12H,4-6H2,1-3H3/t7-,8+,9+,11+/m1/s1. The van der Waals surface area contributed by atoms with E-state index in [4.69, 9.17) is 9.84 Å². The van der Waals surface area contributed by atoms with Crippen LogP contribution in [0.3, 0.4) is 0 Å². The van der Waals surface area contributed by atoms with Crippen LogP contribution in [0.4, 0.5) is 0 Å². The van der Waals surface area contributed by atoms with Gasteiger partial charge in [-0.1, -0.05) is 13.8 Å². The average molecular weight is 216 g/mol. The van der Waals surface area contributed by atoms with Crippen molar-refractivity contribution in [3.63, 3.8) is 0 Å². The summed E-state index contributed by atoms with van der Waals surface area (Å²) in [7, 11) is 1.39. The molecule has 0 amide bonds. The molecule has 1 aliphatic rings. The van der Waals surface area contributed by atoms with Gasteiger partial charge in [-0.15, -0.1) is 0 Å². The van der Waals surface area contributed by atoms with Crippen LogP contribution in [-0.4, -0.2) is 37.0 Å². The Bertz CT molecular complexity index is 217. The quantitative estimate of drug-likeness (QED) is 0.711. The highest BCUT2D eigenvalue weighted by Crippen LogP contribution is 2.32.